The van der Waals surface area contributed by atoms with E-state index in [9.17, 15) is 22.8 Å². The first kappa shape index (κ1) is 22.6. The van der Waals surface area contributed by atoms with E-state index in [2.05, 4.69) is 22.1 Å². The second-order valence-electron chi connectivity index (χ2n) is 7.10. The van der Waals surface area contributed by atoms with E-state index in [1.54, 1.807) is 34.7 Å². The summed E-state index contributed by atoms with van der Waals surface area (Å²) < 4.78 is 41.1. The van der Waals surface area contributed by atoms with Gasteiger partial charge in [0, 0.05) is 13.1 Å². The zero-order valence-electron chi connectivity index (χ0n) is 17.2. The van der Waals surface area contributed by atoms with E-state index in [4.69, 9.17) is 0 Å². The van der Waals surface area contributed by atoms with Crippen LogP contribution in [0.3, 0.4) is 0 Å². The van der Waals surface area contributed by atoms with E-state index >= 15 is 0 Å². The highest BCUT2D eigenvalue weighted by molar-refractivity contribution is 7.99. The zero-order chi connectivity index (χ0) is 23.6. The van der Waals surface area contributed by atoms with Crippen molar-refractivity contribution >= 4 is 34.3 Å². The van der Waals surface area contributed by atoms with Gasteiger partial charge >= 0.3 is 6.18 Å². The lowest BCUT2D eigenvalue weighted by atomic mass is 10.1. The lowest BCUT2D eigenvalue weighted by molar-refractivity contribution is -0.137. The van der Waals surface area contributed by atoms with Gasteiger partial charge in [-0.25, -0.2) is 0 Å². The summed E-state index contributed by atoms with van der Waals surface area (Å²) in [6.45, 7) is 4.03. The van der Waals surface area contributed by atoms with Crippen molar-refractivity contribution in [3.63, 3.8) is 0 Å². The molecule has 4 aromatic rings. The number of nitrogens with one attached hydrogen (secondary N) is 1. The van der Waals surface area contributed by atoms with Crippen molar-refractivity contribution in [3.05, 3.63) is 82.7 Å². The van der Waals surface area contributed by atoms with Gasteiger partial charge in [-0.15, -0.1) is 16.8 Å². The Kier molecular flexibility index (Phi) is 6.23. The number of carbonyl (C=O) groups excluding carboxylic acids is 1. The Balaban J connectivity index is 1.50. The van der Waals surface area contributed by atoms with E-state index in [1.165, 1.54) is 16.7 Å². The topological polar surface area (TPSA) is 81.3 Å². The van der Waals surface area contributed by atoms with Gasteiger partial charge in [-0.05, 0) is 29.8 Å². The summed E-state index contributed by atoms with van der Waals surface area (Å²) in [5.41, 5.74) is 0.217. The first-order valence-electron chi connectivity index (χ1n) is 9.83. The molecule has 11 heteroatoms. The summed E-state index contributed by atoms with van der Waals surface area (Å²) in [5, 5.41) is 11.9. The van der Waals surface area contributed by atoms with Gasteiger partial charge < -0.3 is 5.32 Å². The lowest BCUT2D eigenvalue weighted by Crippen LogP contribution is -2.25. The summed E-state index contributed by atoms with van der Waals surface area (Å²) in [5.74, 6) is 0.0303. The van der Waals surface area contributed by atoms with Gasteiger partial charge in [-0.1, -0.05) is 42.1 Å². The van der Waals surface area contributed by atoms with E-state index in [-0.39, 0.29) is 30.3 Å². The number of allylic oxidation sites excluding steroid dienone is 1. The minimum absolute atomic E-state index is 0.0103. The number of carbonyl (C=O) groups is 1. The van der Waals surface area contributed by atoms with Gasteiger partial charge in [0.1, 0.15) is 0 Å². The van der Waals surface area contributed by atoms with Crippen LogP contribution in [0.4, 0.5) is 13.2 Å². The number of rotatable bonds is 7. The summed E-state index contributed by atoms with van der Waals surface area (Å²) in [4.78, 5) is 25.1. The molecular formula is C22H18F3N5O2S. The van der Waals surface area contributed by atoms with Gasteiger partial charge in [0.2, 0.25) is 11.7 Å². The molecule has 33 heavy (non-hydrogen) atoms. The normalized spacial score (nSPS) is 11.7. The fourth-order valence-electron chi connectivity index (χ4n) is 3.31. The molecule has 7 nitrogen and oxygen atoms in total. The van der Waals surface area contributed by atoms with Crippen LogP contribution >= 0.6 is 11.8 Å². The van der Waals surface area contributed by atoms with Crippen LogP contribution in [0.25, 0.3) is 16.7 Å². The lowest BCUT2D eigenvalue weighted by Gasteiger charge is -2.10. The molecule has 0 aliphatic rings. The molecule has 0 unspecified atom stereocenters. The number of halogens is 3. The fraction of sp³-hybridized carbons (Fsp3) is 0.182. The molecule has 1 N–H and O–H groups in total. The molecule has 0 aliphatic heterocycles. The third-order valence-corrected chi connectivity index (χ3v) is 5.82. The number of fused-ring (bicyclic) bond motifs is 3. The van der Waals surface area contributed by atoms with Crippen LogP contribution in [0.5, 0.6) is 0 Å². The van der Waals surface area contributed by atoms with Gasteiger partial charge in [0.25, 0.3) is 5.56 Å². The van der Waals surface area contributed by atoms with E-state index < -0.39 is 11.7 Å². The fourth-order valence-corrected chi connectivity index (χ4v) is 4.08. The molecule has 170 valence electrons. The van der Waals surface area contributed by atoms with E-state index in [0.29, 0.717) is 27.4 Å². The van der Waals surface area contributed by atoms with Crippen molar-refractivity contribution in [2.75, 3.05) is 5.75 Å². The highest BCUT2D eigenvalue weighted by atomic mass is 32.2. The maximum absolute atomic E-state index is 12.8. The number of aromatic nitrogens is 4. The molecule has 2 aromatic carbocycles. The smallest absolute Gasteiger partial charge is 0.351 e. The third kappa shape index (κ3) is 4.63. The Bertz CT molecular complexity index is 1390. The van der Waals surface area contributed by atoms with Crippen molar-refractivity contribution in [1.29, 1.82) is 0 Å². The Morgan fingerprint density at radius 3 is 2.55 bits per heavy atom. The number of thioether (sulfide) groups is 1. The standard InChI is InChI=1S/C22H18F3N5O2S/c1-2-11-29-19(32)16-5-3-4-6-17(16)30-20(29)27-28-21(30)33-13-18(31)26-12-14-7-9-15(10-8-14)22(23,24)25/h2-10H,1,11-13H2,(H,26,31). The number of hydrogen-bond donors (Lipinski definition) is 1. The van der Waals surface area contributed by atoms with Crippen LogP contribution < -0.4 is 10.9 Å². The SMILES string of the molecule is C=CCn1c(=O)c2ccccc2n2c(SCC(=O)NCc3ccc(C(F)(F)F)cc3)nnc12. The molecule has 0 saturated heterocycles. The van der Waals surface area contributed by atoms with Crippen LogP contribution in [0, 0.1) is 0 Å². The average Bonchev–Trinajstić information content (AvgIpc) is 3.23. The van der Waals surface area contributed by atoms with Gasteiger partial charge in [0.05, 0.1) is 22.2 Å². The highest BCUT2D eigenvalue weighted by Crippen LogP contribution is 2.29. The predicted molar refractivity (Wildman–Crippen MR) is 119 cm³/mol. The van der Waals surface area contributed by atoms with Gasteiger partial charge in [-0.2, -0.15) is 13.2 Å². The van der Waals surface area contributed by atoms with Gasteiger partial charge in [-0.3, -0.25) is 18.6 Å². The van der Waals surface area contributed by atoms with Crippen molar-refractivity contribution < 1.29 is 18.0 Å². The van der Waals surface area contributed by atoms with Crippen LogP contribution in [0.1, 0.15) is 11.1 Å². The van der Waals surface area contributed by atoms with Crippen LogP contribution in [0.15, 0.2) is 71.1 Å². The highest BCUT2D eigenvalue weighted by Gasteiger charge is 2.29. The Morgan fingerprint density at radius 2 is 1.85 bits per heavy atom. The van der Waals surface area contributed by atoms with E-state index in [1.807, 2.05) is 0 Å². The number of nitrogens with zero attached hydrogens (tertiary/aromatic N) is 4. The van der Waals surface area contributed by atoms with Crippen LogP contribution in [-0.2, 0) is 24.1 Å². The number of hydrogen-bond acceptors (Lipinski definition) is 5. The molecule has 0 saturated carbocycles. The first-order chi connectivity index (χ1) is 15.8. The molecule has 0 atom stereocenters. The zero-order valence-corrected chi connectivity index (χ0v) is 18.0. The predicted octanol–water partition coefficient (Wildman–Crippen LogP) is 3.66. The summed E-state index contributed by atoms with van der Waals surface area (Å²) in [7, 11) is 0. The molecule has 0 spiro atoms. The average molecular weight is 473 g/mol. The molecule has 0 aliphatic carbocycles. The number of amides is 1. The Morgan fingerprint density at radius 1 is 1.12 bits per heavy atom. The molecule has 1 amide bonds. The second kappa shape index (κ2) is 9.10. The van der Waals surface area contributed by atoms with Crippen LogP contribution in [0.2, 0.25) is 0 Å². The summed E-state index contributed by atoms with van der Waals surface area (Å²) in [6.07, 6.45) is -2.81. The molecule has 0 fully saturated rings. The minimum Gasteiger partial charge on any atom is -0.351 e. The van der Waals surface area contributed by atoms with Crippen molar-refractivity contribution in [2.24, 2.45) is 0 Å². The largest absolute Gasteiger partial charge is 0.416 e. The Hall–Kier alpha value is -3.60. The van der Waals surface area contributed by atoms with Crippen LogP contribution in [-0.4, -0.2) is 30.8 Å². The van der Waals surface area contributed by atoms with Gasteiger partial charge in [0.15, 0.2) is 5.16 Å². The van der Waals surface area contributed by atoms with Crippen molar-refractivity contribution in [1.82, 2.24) is 24.5 Å². The Labute approximate surface area is 189 Å². The molecular weight excluding hydrogens is 455 g/mol. The maximum Gasteiger partial charge on any atom is 0.416 e. The quantitative estimate of drug-likeness (QED) is 0.327. The first-order valence-corrected chi connectivity index (χ1v) is 10.8. The maximum atomic E-state index is 12.8. The van der Waals surface area contributed by atoms with E-state index in [0.717, 1.165) is 23.9 Å². The number of benzene rings is 2. The third-order valence-electron chi connectivity index (χ3n) is 4.89. The second-order valence-corrected chi connectivity index (χ2v) is 8.04. The molecule has 4 rings (SSSR count). The molecule has 2 aromatic heterocycles. The minimum atomic E-state index is -4.40. The van der Waals surface area contributed by atoms with Crippen molar-refractivity contribution in [3.8, 4) is 0 Å². The summed E-state index contributed by atoms with van der Waals surface area (Å²) >= 11 is 1.14. The number of para-hydroxylation sites is 1. The number of alkyl halides is 3. The molecule has 0 bridgehead atoms. The molecule has 2 heterocycles. The summed E-state index contributed by atoms with van der Waals surface area (Å²) in [6, 6.07) is 11.7. The molecule has 0 radical (unpaired) electrons. The monoisotopic (exact) mass is 473 g/mol. The van der Waals surface area contributed by atoms with Crippen molar-refractivity contribution in [2.45, 2.75) is 24.4 Å².